The van der Waals surface area contributed by atoms with Gasteiger partial charge < -0.3 is 11.1 Å². The van der Waals surface area contributed by atoms with Crippen molar-refractivity contribution in [2.45, 2.75) is 33.6 Å². The van der Waals surface area contributed by atoms with Gasteiger partial charge in [-0.15, -0.1) is 0 Å². The van der Waals surface area contributed by atoms with Crippen molar-refractivity contribution < 1.29 is 4.79 Å². The molecule has 76 valence electrons. The van der Waals surface area contributed by atoms with Crippen LogP contribution < -0.4 is 11.1 Å². The van der Waals surface area contributed by atoms with Crippen molar-refractivity contribution in [3.05, 3.63) is 0 Å². The fourth-order valence-electron chi connectivity index (χ4n) is 1.16. The van der Waals surface area contributed by atoms with Crippen molar-refractivity contribution >= 4 is 5.91 Å². The van der Waals surface area contributed by atoms with Crippen LogP contribution in [0.5, 0.6) is 0 Å². The van der Waals surface area contributed by atoms with Gasteiger partial charge in [-0.3, -0.25) is 4.79 Å². The molecular weight excluding hydrogens is 164 g/mol. The largest absolute Gasteiger partial charge is 0.355 e. The minimum Gasteiger partial charge on any atom is -0.355 e. The Morgan fingerprint density at radius 3 is 2.31 bits per heavy atom. The number of rotatable bonds is 3. The molecule has 0 unspecified atom stereocenters. The van der Waals surface area contributed by atoms with Crippen molar-refractivity contribution in [1.82, 2.24) is 5.32 Å². The molecule has 3 N–H and O–H groups in total. The molecule has 3 heteroatoms. The first-order valence-corrected chi connectivity index (χ1v) is 4.88. The van der Waals surface area contributed by atoms with Crippen LogP contribution in [0.3, 0.4) is 0 Å². The van der Waals surface area contributed by atoms with E-state index in [1.807, 2.05) is 20.8 Å². The molecule has 1 aliphatic carbocycles. The SMILES string of the molecule is CC(C)(C)C(=O)NCC1(CN)CC1. The standard InChI is InChI=1S/C10H20N2O/c1-9(2,3)8(13)12-7-10(6-11)4-5-10/h4-7,11H2,1-3H3,(H,12,13). The number of carbonyl (C=O) groups is 1. The summed E-state index contributed by atoms with van der Waals surface area (Å²) in [7, 11) is 0. The zero-order valence-corrected chi connectivity index (χ0v) is 8.81. The Morgan fingerprint density at radius 1 is 1.46 bits per heavy atom. The summed E-state index contributed by atoms with van der Waals surface area (Å²) in [5, 5.41) is 2.96. The van der Waals surface area contributed by atoms with Gasteiger partial charge in [0.05, 0.1) is 0 Å². The van der Waals surface area contributed by atoms with Crippen LogP contribution in [0, 0.1) is 10.8 Å². The highest BCUT2D eigenvalue weighted by Gasteiger charge is 2.41. The average Bonchev–Trinajstić information content (AvgIpc) is 2.79. The van der Waals surface area contributed by atoms with Gasteiger partial charge in [0.15, 0.2) is 0 Å². The summed E-state index contributed by atoms with van der Waals surface area (Å²) in [6, 6.07) is 0. The van der Waals surface area contributed by atoms with Gasteiger partial charge >= 0.3 is 0 Å². The highest BCUT2D eigenvalue weighted by molar-refractivity contribution is 5.81. The molecule has 1 amide bonds. The molecule has 13 heavy (non-hydrogen) atoms. The van der Waals surface area contributed by atoms with Gasteiger partial charge in [-0.1, -0.05) is 20.8 Å². The molecule has 0 saturated heterocycles. The monoisotopic (exact) mass is 184 g/mol. The number of nitrogens with one attached hydrogen (secondary N) is 1. The summed E-state index contributed by atoms with van der Waals surface area (Å²) in [5.41, 5.74) is 5.56. The molecule has 1 fully saturated rings. The molecule has 0 radical (unpaired) electrons. The lowest BCUT2D eigenvalue weighted by Gasteiger charge is -2.20. The zero-order chi connectivity index (χ0) is 10.1. The predicted molar refractivity (Wildman–Crippen MR) is 53.2 cm³/mol. The normalized spacial score (nSPS) is 19.7. The van der Waals surface area contributed by atoms with Crippen LogP contribution in [0.25, 0.3) is 0 Å². The molecular formula is C10H20N2O. The first-order valence-electron chi connectivity index (χ1n) is 4.88. The van der Waals surface area contributed by atoms with Crippen molar-refractivity contribution in [1.29, 1.82) is 0 Å². The van der Waals surface area contributed by atoms with Gasteiger partial charge in [-0.05, 0) is 24.8 Å². The van der Waals surface area contributed by atoms with E-state index in [2.05, 4.69) is 5.32 Å². The maximum absolute atomic E-state index is 11.5. The Balaban J connectivity index is 2.31. The molecule has 0 heterocycles. The van der Waals surface area contributed by atoms with Gasteiger partial charge in [-0.2, -0.15) is 0 Å². The first-order chi connectivity index (χ1) is 5.90. The number of hydrogen-bond acceptors (Lipinski definition) is 2. The third kappa shape index (κ3) is 2.69. The van der Waals surface area contributed by atoms with Crippen LogP contribution in [0.4, 0.5) is 0 Å². The van der Waals surface area contributed by atoms with Gasteiger partial charge in [-0.25, -0.2) is 0 Å². The van der Waals surface area contributed by atoms with Crippen LogP contribution in [0.15, 0.2) is 0 Å². The molecule has 0 aromatic heterocycles. The van der Waals surface area contributed by atoms with Crippen molar-refractivity contribution in [2.24, 2.45) is 16.6 Å². The second kappa shape index (κ2) is 3.29. The Bertz CT molecular complexity index is 201. The van der Waals surface area contributed by atoms with Crippen LogP contribution in [-0.4, -0.2) is 19.0 Å². The van der Waals surface area contributed by atoms with Gasteiger partial charge in [0.1, 0.15) is 0 Å². The Kier molecular flexibility index (Phi) is 2.66. The summed E-state index contributed by atoms with van der Waals surface area (Å²) < 4.78 is 0. The van der Waals surface area contributed by atoms with Crippen LogP contribution in [-0.2, 0) is 4.79 Å². The summed E-state index contributed by atoms with van der Waals surface area (Å²) in [5.74, 6) is 0.118. The quantitative estimate of drug-likeness (QED) is 0.684. The van der Waals surface area contributed by atoms with Crippen LogP contribution in [0.1, 0.15) is 33.6 Å². The lowest BCUT2D eigenvalue weighted by molar-refractivity contribution is -0.128. The third-order valence-electron chi connectivity index (χ3n) is 2.70. The third-order valence-corrected chi connectivity index (χ3v) is 2.70. The van der Waals surface area contributed by atoms with E-state index in [0.717, 1.165) is 19.4 Å². The molecule has 1 saturated carbocycles. The molecule has 0 spiro atoms. The first kappa shape index (κ1) is 10.5. The van der Waals surface area contributed by atoms with Crippen LogP contribution >= 0.6 is 0 Å². The maximum atomic E-state index is 11.5. The predicted octanol–water partition coefficient (Wildman–Crippen LogP) is 0.888. The number of hydrogen-bond donors (Lipinski definition) is 2. The van der Waals surface area contributed by atoms with Crippen molar-refractivity contribution in [3.63, 3.8) is 0 Å². The van der Waals surface area contributed by atoms with Crippen molar-refractivity contribution in [2.75, 3.05) is 13.1 Å². The second-order valence-corrected chi connectivity index (χ2v) is 5.14. The molecule has 0 atom stereocenters. The van der Waals surface area contributed by atoms with E-state index < -0.39 is 0 Å². The molecule has 1 rings (SSSR count). The molecule has 1 aliphatic rings. The summed E-state index contributed by atoms with van der Waals surface area (Å²) in [6.07, 6.45) is 2.32. The van der Waals surface area contributed by atoms with E-state index in [-0.39, 0.29) is 16.7 Å². The van der Waals surface area contributed by atoms with Gasteiger partial charge in [0.2, 0.25) is 5.91 Å². The topological polar surface area (TPSA) is 55.1 Å². The summed E-state index contributed by atoms with van der Waals surface area (Å²) >= 11 is 0. The van der Waals surface area contributed by atoms with E-state index in [0.29, 0.717) is 6.54 Å². The Morgan fingerprint density at radius 2 is 2.00 bits per heavy atom. The molecule has 0 aromatic rings. The summed E-state index contributed by atoms with van der Waals surface area (Å²) in [6.45, 7) is 7.20. The molecule has 0 aliphatic heterocycles. The molecule has 0 bridgehead atoms. The van der Waals surface area contributed by atoms with E-state index >= 15 is 0 Å². The highest BCUT2D eigenvalue weighted by atomic mass is 16.2. The van der Waals surface area contributed by atoms with E-state index in [9.17, 15) is 4.79 Å². The van der Waals surface area contributed by atoms with Crippen LogP contribution in [0.2, 0.25) is 0 Å². The van der Waals surface area contributed by atoms with E-state index in [1.54, 1.807) is 0 Å². The fourth-order valence-corrected chi connectivity index (χ4v) is 1.16. The van der Waals surface area contributed by atoms with Crippen molar-refractivity contribution in [3.8, 4) is 0 Å². The minimum atomic E-state index is -0.287. The Labute approximate surface area is 80.1 Å². The molecule has 0 aromatic carbocycles. The number of carbonyl (C=O) groups excluding carboxylic acids is 1. The smallest absolute Gasteiger partial charge is 0.225 e. The van der Waals surface area contributed by atoms with E-state index in [1.165, 1.54) is 0 Å². The maximum Gasteiger partial charge on any atom is 0.225 e. The second-order valence-electron chi connectivity index (χ2n) is 5.14. The summed E-state index contributed by atoms with van der Waals surface area (Å²) in [4.78, 5) is 11.5. The number of nitrogens with two attached hydrogens (primary N) is 1. The van der Waals surface area contributed by atoms with Gasteiger partial charge in [0, 0.05) is 12.0 Å². The lowest BCUT2D eigenvalue weighted by Crippen LogP contribution is -2.40. The fraction of sp³-hybridized carbons (Fsp3) is 0.900. The number of amides is 1. The average molecular weight is 184 g/mol. The Hall–Kier alpha value is -0.570. The highest BCUT2D eigenvalue weighted by Crippen LogP contribution is 2.43. The minimum absolute atomic E-state index is 0.118. The van der Waals surface area contributed by atoms with Gasteiger partial charge in [0.25, 0.3) is 0 Å². The van der Waals surface area contributed by atoms with E-state index in [4.69, 9.17) is 5.73 Å². The lowest BCUT2D eigenvalue weighted by atomic mass is 9.95. The molecule has 3 nitrogen and oxygen atoms in total. The zero-order valence-electron chi connectivity index (χ0n) is 8.81.